The van der Waals surface area contributed by atoms with Crippen LogP contribution in [0.25, 0.3) is 83.2 Å². The Hall–Kier alpha value is -5.54. The first-order chi connectivity index (χ1) is 20.3. The second-order valence-corrected chi connectivity index (χ2v) is 10.6. The summed E-state index contributed by atoms with van der Waals surface area (Å²) in [5.74, 6) is 0.746. The highest BCUT2D eigenvalue weighted by molar-refractivity contribution is 6.14. The molecule has 190 valence electrons. The number of hydrogen-bond donors (Lipinski definition) is 0. The van der Waals surface area contributed by atoms with Crippen LogP contribution in [-0.4, -0.2) is 14.5 Å². The van der Waals surface area contributed by atoms with Gasteiger partial charge in [0, 0.05) is 39.3 Å². The molecule has 0 atom stereocenters. The van der Waals surface area contributed by atoms with Gasteiger partial charge in [-0.25, -0.2) is 9.97 Å². The molecule has 1 aliphatic carbocycles. The highest BCUT2D eigenvalue weighted by Gasteiger charge is 2.24. The third-order valence-corrected chi connectivity index (χ3v) is 8.40. The molecular weight excluding hydrogens is 498 g/mol. The van der Waals surface area contributed by atoms with Crippen molar-refractivity contribution in [1.29, 1.82) is 0 Å². The van der Waals surface area contributed by atoms with Gasteiger partial charge >= 0.3 is 0 Å². The first kappa shape index (κ1) is 22.3. The molecule has 6 aromatic carbocycles. The van der Waals surface area contributed by atoms with Gasteiger partial charge in [0.25, 0.3) is 0 Å². The summed E-state index contributed by atoms with van der Waals surface area (Å²) in [5, 5.41) is 4.98. The predicted molar refractivity (Wildman–Crippen MR) is 169 cm³/mol. The molecule has 0 fully saturated rings. The van der Waals surface area contributed by atoms with Crippen molar-refractivity contribution in [3.63, 3.8) is 0 Å². The zero-order valence-electron chi connectivity index (χ0n) is 22.1. The SMILES string of the molecule is c1ccc(-n2c3ccccc3c3cc(-c4ccccc4-c4ncc5c(n4)-c4cccc6cccc-5c46)ccc32)cc1. The van der Waals surface area contributed by atoms with E-state index in [0.717, 1.165) is 39.5 Å². The van der Waals surface area contributed by atoms with Crippen LogP contribution < -0.4 is 0 Å². The number of fused-ring (bicyclic) bond motifs is 6. The Morgan fingerprint density at radius 3 is 2.07 bits per heavy atom. The van der Waals surface area contributed by atoms with Gasteiger partial charge in [0.05, 0.1) is 16.7 Å². The van der Waals surface area contributed by atoms with Crippen molar-refractivity contribution in [1.82, 2.24) is 14.5 Å². The molecule has 3 heteroatoms. The van der Waals surface area contributed by atoms with Gasteiger partial charge in [0.15, 0.2) is 5.82 Å². The van der Waals surface area contributed by atoms with E-state index < -0.39 is 0 Å². The molecular formula is C38H23N3. The Morgan fingerprint density at radius 1 is 0.488 bits per heavy atom. The molecule has 0 saturated heterocycles. The average Bonchev–Trinajstić information content (AvgIpc) is 3.55. The maximum Gasteiger partial charge on any atom is 0.160 e. The Balaban J connectivity index is 1.23. The molecule has 41 heavy (non-hydrogen) atoms. The highest BCUT2D eigenvalue weighted by atomic mass is 15.0. The summed E-state index contributed by atoms with van der Waals surface area (Å²) >= 11 is 0. The normalized spacial score (nSPS) is 11.9. The fraction of sp³-hybridized carbons (Fsp3) is 0. The lowest BCUT2D eigenvalue weighted by molar-refractivity contribution is 1.18. The Bertz CT molecular complexity index is 2310. The first-order valence-electron chi connectivity index (χ1n) is 13.9. The van der Waals surface area contributed by atoms with Crippen LogP contribution >= 0.6 is 0 Å². The summed E-state index contributed by atoms with van der Waals surface area (Å²) in [6.45, 7) is 0. The lowest BCUT2D eigenvalue weighted by Gasteiger charge is -2.11. The van der Waals surface area contributed by atoms with E-state index in [0.29, 0.717) is 0 Å². The van der Waals surface area contributed by atoms with Crippen LogP contribution in [0.4, 0.5) is 0 Å². The molecule has 8 aromatic rings. The standard InChI is InChI=1S/C38H23N3/c1-2-12-26(13-3-1)41-34-19-7-6-15-28(34)32-22-25(20-21-35(32)41)27-14-4-5-16-30(27)38-39-23-33-29-17-8-10-24-11-9-18-31(36(24)29)37(33)40-38/h1-23H. The third kappa shape index (κ3) is 3.20. The molecule has 0 unspecified atom stereocenters. The van der Waals surface area contributed by atoms with Gasteiger partial charge in [-0.2, -0.15) is 0 Å². The van der Waals surface area contributed by atoms with Crippen LogP contribution in [0.1, 0.15) is 0 Å². The largest absolute Gasteiger partial charge is 0.309 e. The Kier molecular flexibility index (Phi) is 4.61. The van der Waals surface area contributed by atoms with Gasteiger partial charge in [-0.1, -0.05) is 103 Å². The van der Waals surface area contributed by atoms with Gasteiger partial charge < -0.3 is 4.57 Å². The average molecular weight is 522 g/mol. The minimum atomic E-state index is 0.746. The summed E-state index contributed by atoms with van der Waals surface area (Å²) in [6, 6.07) is 47.4. The minimum absolute atomic E-state index is 0.746. The van der Waals surface area contributed by atoms with Crippen molar-refractivity contribution in [3.05, 3.63) is 140 Å². The van der Waals surface area contributed by atoms with Gasteiger partial charge in [-0.3, -0.25) is 0 Å². The first-order valence-corrected chi connectivity index (χ1v) is 13.9. The van der Waals surface area contributed by atoms with Crippen LogP contribution in [0.15, 0.2) is 140 Å². The molecule has 0 N–H and O–H groups in total. The molecule has 0 aliphatic heterocycles. The van der Waals surface area contributed by atoms with E-state index in [-0.39, 0.29) is 0 Å². The van der Waals surface area contributed by atoms with Crippen LogP contribution in [0, 0.1) is 0 Å². The Labute approximate surface area is 237 Å². The van der Waals surface area contributed by atoms with Crippen molar-refractivity contribution in [2.45, 2.75) is 0 Å². The van der Waals surface area contributed by atoms with Crippen LogP contribution in [0.5, 0.6) is 0 Å². The lowest BCUT2D eigenvalue weighted by atomic mass is 9.97. The number of para-hydroxylation sites is 2. The third-order valence-electron chi connectivity index (χ3n) is 8.40. The van der Waals surface area contributed by atoms with E-state index in [1.807, 2.05) is 6.20 Å². The Morgan fingerprint density at radius 2 is 1.20 bits per heavy atom. The zero-order valence-corrected chi connectivity index (χ0v) is 22.1. The van der Waals surface area contributed by atoms with Gasteiger partial charge in [-0.15, -0.1) is 0 Å². The number of hydrogen-bond acceptors (Lipinski definition) is 2. The topological polar surface area (TPSA) is 30.7 Å². The summed E-state index contributed by atoms with van der Waals surface area (Å²) in [4.78, 5) is 10.1. The molecule has 3 nitrogen and oxygen atoms in total. The smallest absolute Gasteiger partial charge is 0.160 e. The van der Waals surface area contributed by atoms with Gasteiger partial charge in [0.1, 0.15) is 0 Å². The van der Waals surface area contributed by atoms with Crippen molar-refractivity contribution >= 4 is 32.6 Å². The second kappa shape index (κ2) is 8.48. The number of aromatic nitrogens is 3. The predicted octanol–water partition coefficient (Wildman–Crippen LogP) is 9.71. The van der Waals surface area contributed by atoms with Gasteiger partial charge in [-0.05, 0) is 57.8 Å². The van der Waals surface area contributed by atoms with Gasteiger partial charge in [0.2, 0.25) is 0 Å². The van der Waals surface area contributed by atoms with Crippen LogP contribution in [0.2, 0.25) is 0 Å². The van der Waals surface area contributed by atoms with Crippen LogP contribution in [0.3, 0.4) is 0 Å². The van der Waals surface area contributed by atoms with E-state index in [1.165, 1.54) is 43.7 Å². The molecule has 2 heterocycles. The zero-order chi connectivity index (χ0) is 26.9. The number of rotatable bonds is 3. The maximum absolute atomic E-state index is 5.19. The molecule has 0 amide bonds. The molecule has 0 bridgehead atoms. The van der Waals surface area contributed by atoms with Crippen LogP contribution in [-0.2, 0) is 0 Å². The van der Waals surface area contributed by atoms with Crippen molar-refractivity contribution in [2.75, 3.05) is 0 Å². The quantitative estimate of drug-likeness (QED) is 0.232. The molecule has 1 aliphatic rings. The van der Waals surface area contributed by atoms with E-state index in [2.05, 4.69) is 138 Å². The molecule has 0 radical (unpaired) electrons. The van der Waals surface area contributed by atoms with E-state index in [9.17, 15) is 0 Å². The van der Waals surface area contributed by atoms with E-state index in [1.54, 1.807) is 0 Å². The molecule has 9 rings (SSSR count). The number of nitrogens with zero attached hydrogens (tertiary/aromatic N) is 3. The van der Waals surface area contributed by atoms with Crippen molar-refractivity contribution < 1.29 is 0 Å². The summed E-state index contributed by atoms with van der Waals surface area (Å²) < 4.78 is 2.35. The summed E-state index contributed by atoms with van der Waals surface area (Å²) in [6.07, 6.45) is 2.00. The van der Waals surface area contributed by atoms with Crippen molar-refractivity contribution in [3.8, 4) is 50.6 Å². The monoisotopic (exact) mass is 521 g/mol. The number of benzene rings is 6. The fourth-order valence-electron chi connectivity index (χ4n) is 6.60. The van der Waals surface area contributed by atoms with E-state index >= 15 is 0 Å². The highest BCUT2D eigenvalue weighted by Crippen LogP contribution is 2.46. The van der Waals surface area contributed by atoms with Crippen molar-refractivity contribution in [2.24, 2.45) is 0 Å². The molecule has 2 aromatic heterocycles. The lowest BCUT2D eigenvalue weighted by Crippen LogP contribution is -1.95. The fourth-order valence-corrected chi connectivity index (χ4v) is 6.60. The molecule has 0 saturated carbocycles. The summed E-state index contributed by atoms with van der Waals surface area (Å²) in [5.41, 5.74) is 11.4. The van der Waals surface area contributed by atoms with E-state index in [4.69, 9.17) is 9.97 Å². The molecule has 0 spiro atoms. The minimum Gasteiger partial charge on any atom is -0.309 e. The summed E-state index contributed by atoms with van der Waals surface area (Å²) in [7, 11) is 0. The second-order valence-electron chi connectivity index (χ2n) is 10.6. The maximum atomic E-state index is 5.19.